The van der Waals surface area contributed by atoms with E-state index in [1.807, 2.05) is 13.0 Å². The Hall–Kier alpha value is -4.20. The van der Waals surface area contributed by atoms with Crippen LogP contribution in [0.25, 0.3) is 11.0 Å². The number of imidazole rings is 1. The second-order valence-corrected chi connectivity index (χ2v) is 7.55. The molecule has 0 fully saturated rings. The number of fused-ring (bicyclic) bond motifs is 1. The second-order valence-electron chi connectivity index (χ2n) is 7.55. The minimum Gasteiger partial charge on any atom is -0.382 e. The Balaban J connectivity index is 1.89. The standard InChI is InChI=1S/C23H19F4N7/c1-2-17(32-21-15(10-28)20(29)30-12-31-21)22-33-18-5-3-4-16(23(25,26)27)19(18)34(22)11-13-6-8-14(24)9-7-13/h3-9,12,17H,2,11H2,1H3,(H3,29,30,31,32). The summed E-state index contributed by atoms with van der Waals surface area (Å²) in [4.78, 5) is 12.4. The number of nitrogens with two attached hydrogens (primary N) is 1. The van der Waals surface area contributed by atoms with Crippen LogP contribution in [0, 0.1) is 17.1 Å². The van der Waals surface area contributed by atoms with E-state index in [1.165, 1.54) is 47.3 Å². The Bertz CT molecular complexity index is 1370. The summed E-state index contributed by atoms with van der Waals surface area (Å²) in [6, 6.07) is 10.6. The zero-order valence-corrected chi connectivity index (χ0v) is 17.9. The molecule has 0 aliphatic carbocycles. The van der Waals surface area contributed by atoms with Crippen LogP contribution < -0.4 is 11.1 Å². The molecule has 7 nitrogen and oxygen atoms in total. The maximum absolute atomic E-state index is 13.9. The van der Waals surface area contributed by atoms with Crippen molar-refractivity contribution in [2.75, 3.05) is 11.1 Å². The van der Waals surface area contributed by atoms with Crippen LogP contribution in [0.15, 0.2) is 48.8 Å². The monoisotopic (exact) mass is 469 g/mol. The number of hydrogen-bond donors (Lipinski definition) is 2. The van der Waals surface area contributed by atoms with Crippen LogP contribution >= 0.6 is 0 Å². The lowest BCUT2D eigenvalue weighted by Crippen LogP contribution is -2.19. The number of nitrogens with zero attached hydrogens (tertiary/aromatic N) is 5. The van der Waals surface area contributed by atoms with Gasteiger partial charge in [-0.1, -0.05) is 25.1 Å². The summed E-state index contributed by atoms with van der Waals surface area (Å²) in [5, 5.41) is 12.5. The van der Waals surface area contributed by atoms with Crippen molar-refractivity contribution in [3.8, 4) is 6.07 Å². The summed E-state index contributed by atoms with van der Waals surface area (Å²) in [6.45, 7) is 1.84. The van der Waals surface area contributed by atoms with Gasteiger partial charge in [0.15, 0.2) is 0 Å². The average Bonchev–Trinajstić information content (AvgIpc) is 3.16. The molecule has 0 bridgehead atoms. The second kappa shape index (κ2) is 8.97. The largest absolute Gasteiger partial charge is 0.418 e. The zero-order valence-electron chi connectivity index (χ0n) is 17.9. The molecule has 0 saturated carbocycles. The molecular formula is C23H19F4N7. The minimum atomic E-state index is -4.61. The van der Waals surface area contributed by atoms with E-state index < -0.39 is 23.6 Å². The van der Waals surface area contributed by atoms with Crippen molar-refractivity contribution >= 4 is 22.7 Å². The number of rotatable bonds is 6. The Labute approximate surface area is 191 Å². The van der Waals surface area contributed by atoms with Crippen LogP contribution in [0.5, 0.6) is 0 Å². The number of benzene rings is 2. The van der Waals surface area contributed by atoms with Gasteiger partial charge >= 0.3 is 6.18 Å². The van der Waals surface area contributed by atoms with Crippen LogP contribution in [-0.4, -0.2) is 19.5 Å². The predicted octanol–water partition coefficient (Wildman–Crippen LogP) is 5.05. The van der Waals surface area contributed by atoms with Crippen molar-refractivity contribution in [2.45, 2.75) is 32.1 Å². The van der Waals surface area contributed by atoms with Gasteiger partial charge in [-0.3, -0.25) is 0 Å². The van der Waals surface area contributed by atoms with Gasteiger partial charge in [-0.2, -0.15) is 18.4 Å². The number of alkyl halides is 3. The Kier molecular flexibility index (Phi) is 6.06. The van der Waals surface area contributed by atoms with Gasteiger partial charge in [0.05, 0.1) is 22.6 Å². The molecular weight excluding hydrogens is 450 g/mol. The third-order valence-electron chi connectivity index (χ3n) is 5.37. The Morgan fingerprint density at radius 2 is 1.88 bits per heavy atom. The summed E-state index contributed by atoms with van der Waals surface area (Å²) < 4.78 is 56.6. The van der Waals surface area contributed by atoms with Gasteiger partial charge in [0.1, 0.15) is 41.2 Å². The van der Waals surface area contributed by atoms with Crippen molar-refractivity contribution in [3.63, 3.8) is 0 Å². The zero-order chi connectivity index (χ0) is 24.5. The first-order valence-corrected chi connectivity index (χ1v) is 10.3. The number of nitriles is 1. The lowest BCUT2D eigenvalue weighted by molar-refractivity contribution is -0.136. The molecule has 3 N–H and O–H groups in total. The topological polar surface area (TPSA) is 105 Å². The molecule has 1 atom stereocenters. The minimum absolute atomic E-state index is 0.0194. The van der Waals surface area contributed by atoms with Crippen molar-refractivity contribution in [1.29, 1.82) is 5.26 Å². The first-order valence-electron chi connectivity index (χ1n) is 10.3. The number of anilines is 2. The molecule has 0 radical (unpaired) electrons. The first kappa shape index (κ1) is 23.0. The fraction of sp³-hybridized carbons (Fsp3) is 0.217. The number of halogens is 4. The maximum atomic E-state index is 13.9. The van der Waals surface area contributed by atoms with Gasteiger partial charge < -0.3 is 15.6 Å². The van der Waals surface area contributed by atoms with Crippen molar-refractivity contribution in [3.05, 3.63) is 77.1 Å². The van der Waals surface area contributed by atoms with Gasteiger partial charge in [0.25, 0.3) is 0 Å². The molecule has 0 spiro atoms. The summed E-state index contributed by atoms with van der Waals surface area (Å²) in [6.07, 6.45) is -3.01. The highest BCUT2D eigenvalue weighted by Gasteiger charge is 2.35. The van der Waals surface area contributed by atoms with Gasteiger partial charge in [-0.25, -0.2) is 19.3 Å². The van der Waals surface area contributed by atoms with Crippen LogP contribution in [0.1, 0.15) is 41.9 Å². The Morgan fingerprint density at radius 3 is 2.53 bits per heavy atom. The summed E-state index contributed by atoms with van der Waals surface area (Å²) in [7, 11) is 0. The van der Waals surface area contributed by atoms with Crippen molar-refractivity contribution in [1.82, 2.24) is 19.5 Å². The molecule has 0 amide bonds. The molecule has 0 saturated heterocycles. The number of aromatic nitrogens is 4. The summed E-state index contributed by atoms with van der Waals surface area (Å²) >= 11 is 0. The highest BCUT2D eigenvalue weighted by Crippen LogP contribution is 2.37. The lowest BCUT2D eigenvalue weighted by atomic mass is 10.1. The van der Waals surface area contributed by atoms with Crippen molar-refractivity contribution in [2.24, 2.45) is 0 Å². The van der Waals surface area contributed by atoms with E-state index in [-0.39, 0.29) is 34.8 Å². The van der Waals surface area contributed by atoms with E-state index in [0.29, 0.717) is 17.8 Å². The van der Waals surface area contributed by atoms with Gasteiger partial charge in [0.2, 0.25) is 0 Å². The predicted molar refractivity (Wildman–Crippen MR) is 118 cm³/mol. The smallest absolute Gasteiger partial charge is 0.382 e. The highest BCUT2D eigenvalue weighted by molar-refractivity contribution is 5.81. The van der Waals surface area contributed by atoms with E-state index in [2.05, 4.69) is 20.3 Å². The van der Waals surface area contributed by atoms with Gasteiger partial charge in [-0.15, -0.1) is 0 Å². The molecule has 2 heterocycles. The normalized spacial score (nSPS) is 12.5. The molecule has 11 heteroatoms. The molecule has 4 aromatic rings. The SMILES string of the molecule is CCC(Nc1ncnc(N)c1C#N)c1nc2cccc(C(F)(F)F)c2n1Cc1ccc(F)cc1. The van der Waals surface area contributed by atoms with E-state index in [4.69, 9.17) is 5.73 Å². The van der Waals surface area contributed by atoms with Crippen molar-refractivity contribution < 1.29 is 17.6 Å². The van der Waals surface area contributed by atoms with Crippen LogP contribution in [0.3, 0.4) is 0 Å². The number of hydrogen-bond acceptors (Lipinski definition) is 6. The highest BCUT2D eigenvalue weighted by atomic mass is 19.4. The third kappa shape index (κ3) is 4.34. The van der Waals surface area contributed by atoms with E-state index in [0.717, 1.165) is 6.07 Å². The fourth-order valence-electron chi connectivity index (χ4n) is 3.76. The van der Waals surface area contributed by atoms with Crippen LogP contribution in [0.4, 0.5) is 29.2 Å². The molecule has 34 heavy (non-hydrogen) atoms. The third-order valence-corrected chi connectivity index (χ3v) is 5.37. The lowest BCUT2D eigenvalue weighted by Gasteiger charge is -2.21. The Morgan fingerprint density at radius 1 is 1.15 bits per heavy atom. The van der Waals surface area contributed by atoms with E-state index >= 15 is 0 Å². The number of nitrogens with one attached hydrogen (secondary N) is 1. The van der Waals surface area contributed by atoms with Gasteiger partial charge in [0, 0.05) is 6.54 Å². The van der Waals surface area contributed by atoms with Crippen LogP contribution in [-0.2, 0) is 12.7 Å². The maximum Gasteiger partial charge on any atom is 0.418 e. The molecule has 2 aromatic carbocycles. The molecule has 1 unspecified atom stereocenters. The number of nitrogen functional groups attached to an aromatic ring is 1. The molecule has 0 aliphatic rings. The summed E-state index contributed by atoms with van der Waals surface area (Å²) in [5.74, 6) is -0.0131. The van der Waals surface area contributed by atoms with E-state index in [1.54, 1.807) is 0 Å². The van der Waals surface area contributed by atoms with Gasteiger partial charge in [-0.05, 0) is 36.2 Å². The number of para-hydroxylation sites is 1. The average molecular weight is 469 g/mol. The molecule has 174 valence electrons. The summed E-state index contributed by atoms with van der Waals surface area (Å²) in [5.41, 5.74) is 5.64. The quantitative estimate of drug-likeness (QED) is 0.383. The fourth-order valence-corrected chi connectivity index (χ4v) is 3.76. The van der Waals surface area contributed by atoms with Crippen LogP contribution in [0.2, 0.25) is 0 Å². The molecule has 2 aromatic heterocycles. The molecule has 4 rings (SSSR count). The first-order chi connectivity index (χ1) is 16.2. The van der Waals surface area contributed by atoms with E-state index in [9.17, 15) is 22.8 Å². The molecule has 0 aliphatic heterocycles.